The smallest absolute Gasteiger partial charge is 0.169 e. The third-order valence-corrected chi connectivity index (χ3v) is 6.78. The Balaban J connectivity index is 1.70. The van der Waals surface area contributed by atoms with Gasteiger partial charge in [-0.1, -0.05) is 12.1 Å². The largest absolute Gasteiger partial charge is 0.494 e. The van der Waals surface area contributed by atoms with Gasteiger partial charge in [-0.05, 0) is 31.9 Å². The van der Waals surface area contributed by atoms with Crippen molar-refractivity contribution in [2.45, 2.75) is 31.8 Å². The summed E-state index contributed by atoms with van der Waals surface area (Å²) < 4.78 is 29.5. The lowest BCUT2D eigenvalue weighted by Crippen LogP contribution is -2.49. The highest BCUT2D eigenvalue weighted by atomic mass is 19.1. The summed E-state index contributed by atoms with van der Waals surface area (Å²) in [5.74, 6) is 1.06. The molecule has 1 N–H and O–H groups in total. The molecule has 1 saturated heterocycles. The van der Waals surface area contributed by atoms with E-state index in [0.29, 0.717) is 17.5 Å². The fourth-order valence-corrected chi connectivity index (χ4v) is 5.17. The summed E-state index contributed by atoms with van der Waals surface area (Å²) in [6, 6.07) is 8.28. The van der Waals surface area contributed by atoms with Crippen LogP contribution in [0.25, 0.3) is 33.1 Å². The first-order chi connectivity index (χ1) is 15.6. The van der Waals surface area contributed by atoms with Gasteiger partial charge in [0.2, 0.25) is 0 Å². The second kappa shape index (κ2) is 7.24. The third-order valence-electron chi connectivity index (χ3n) is 6.78. The molecule has 0 amide bonds. The molecule has 1 unspecified atom stereocenters. The summed E-state index contributed by atoms with van der Waals surface area (Å²) in [7, 11) is 3.29. The van der Waals surface area contributed by atoms with Crippen LogP contribution in [0.4, 0.5) is 10.1 Å². The highest BCUT2D eigenvalue weighted by Gasteiger charge is 2.32. The quantitative estimate of drug-likeness (QED) is 0.509. The van der Waals surface area contributed by atoms with Crippen molar-refractivity contribution in [1.82, 2.24) is 14.9 Å². The number of nitrogens with one attached hydrogen (secondary N) is 1. The van der Waals surface area contributed by atoms with E-state index >= 15 is 4.39 Å². The lowest BCUT2D eigenvalue weighted by atomic mass is 10.0. The third kappa shape index (κ3) is 2.84. The van der Waals surface area contributed by atoms with Gasteiger partial charge >= 0.3 is 0 Å². The van der Waals surface area contributed by atoms with E-state index in [2.05, 4.69) is 34.0 Å². The maximum absolute atomic E-state index is 15.8. The zero-order valence-electron chi connectivity index (χ0n) is 18.6. The van der Waals surface area contributed by atoms with E-state index in [1.807, 2.05) is 12.1 Å². The second-order valence-corrected chi connectivity index (χ2v) is 8.94. The molecule has 1 aliphatic carbocycles. The van der Waals surface area contributed by atoms with E-state index in [9.17, 15) is 0 Å². The van der Waals surface area contributed by atoms with Crippen molar-refractivity contribution in [3.8, 4) is 22.8 Å². The van der Waals surface area contributed by atoms with Crippen molar-refractivity contribution in [3.05, 3.63) is 36.3 Å². The normalized spacial score (nSPS) is 19.2. The molecule has 0 bridgehead atoms. The highest BCUT2D eigenvalue weighted by molar-refractivity contribution is 6.10. The molecule has 2 aromatic carbocycles. The van der Waals surface area contributed by atoms with Crippen LogP contribution in [0.3, 0.4) is 0 Å². The number of hydrogen-bond donors (Lipinski definition) is 1. The number of aromatic nitrogens is 2. The maximum Gasteiger partial charge on any atom is 0.169 e. The molecule has 6 nitrogen and oxygen atoms in total. The molecule has 32 heavy (non-hydrogen) atoms. The number of ether oxygens (including phenoxy) is 2. The van der Waals surface area contributed by atoms with Crippen molar-refractivity contribution < 1.29 is 13.9 Å². The molecule has 6 rings (SSSR count). The fourth-order valence-electron chi connectivity index (χ4n) is 5.17. The second-order valence-electron chi connectivity index (χ2n) is 8.94. The number of piperazine rings is 1. The predicted octanol–water partition coefficient (Wildman–Crippen LogP) is 4.58. The van der Waals surface area contributed by atoms with E-state index in [0.717, 1.165) is 71.3 Å². The first-order valence-electron chi connectivity index (χ1n) is 11.3. The number of hydrogen-bond acceptors (Lipinski definition) is 5. The van der Waals surface area contributed by atoms with Gasteiger partial charge in [-0.3, -0.25) is 0 Å². The number of methoxy groups -OCH3 is 2. The Bertz CT molecular complexity index is 1310. The number of para-hydroxylation sites is 1. The fraction of sp³-hybridized carbons (Fsp3) is 0.400. The highest BCUT2D eigenvalue weighted by Crippen LogP contribution is 2.49. The van der Waals surface area contributed by atoms with Crippen LogP contribution in [0.5, 0.6) is 11.5 Å². The van der Waals surface area contributed by atoms with Gasteiger partial charge in [0.15, 0.2) is 11.6 Å². The van der Waals surface area contributed by atoms with Crippen molar-refractivity contribution in [1.29, 1.82) is 0 Å². The molecular formula is C25H27FN4O2. The van der Waals surface area contributed by atoms with Gasteiger partial charge in [0.1, 0.15) is 17.0 Å². The van der Waals surface area contributed by atoms with Crippen LogP contribution in [-0.4, -0.2) is 49.4 Å². The van der Waals surface area contributed by atoms with Crippen LogP contribution in [0.2, 0.25) is 0 Å². The first kappa shape index (κ1) is 19.6. The predicted molar refractivity (Wildman–Crippen MR) is 125 cm³/mol. The molecule has 4 aliphatic rings. The lowest BCUT2D eigenvalue weighted by Gasteiger charge is -2.35. The van der Waals surface area contributed by atoms with E-state index < -0.39 is 0 Å². The van der Waals surface area contributed by atoms with Gasteiger partial charge in [0, 0.05) is 54.3 Å². The minimum absolute atomic E-state index is 0.266. The number of halogens is 1. The Morgan fingerprint density at radius 1 is 1.16 bits per heavy atom. The number of anilines is 1. The molecule has 0 aromatic heterocycles. The molecule has 2 fully saturated rings. The van der Waals surface area contributed by atoms with Gasteiger partial charge in [-0.25, -0.2) is 9.37 Å². The average molecular weight is 435 g/mol. The molecule has 0 spiro atoms. The Morgan fingerprint density at radius 2 is 2.00 bits per heavy atom. The number of nitrogens with zero attached hydrogens (tertiary/aromatic N) is 3. The minimum Gasteiger partial charge on any atom is -0.494 e. The minimum atomic E-state index is -0.266. The van der Waals surface area contributed by atoms with Crippen LogP contribution < -0.4 is 19.7 Å². The average Bonchev–Trinajstić information content (AvgIpc) is 3.57. The van der Waals surface area contributed by atoms with Gasteiger partial charge in [-0.15, -0.1) is 0 Å². The monoisotopic (exact) mass is 434 g/mol. The SMILES string of the molecule is COc1cccc2c3cn(C4CC4)c4c(OC)c(N5CCNC(C)C5)c(F)cc4c-3nc12. The molecular weight excluding hydrogens is 407 g/mol. The van der Waals surface area contributed by atoms with Crippen LogP contribution >= 0.6 is 0 Å². The topological polar surface area (TPSA) is 51.6 Å². The summed E-state index contributed by atoms with van der Waals surface area (Å²) in [4.78, 5) is 7.03. The molecule has 3 heterocycles. The van der Waals surface area contributed by atoms with E-state index in [1.165, 1.54) is 0 Å². The first-order valence-corrected chi connectivity index (χ1v) is 11.3. The Kier molecular flexibility index (Phi) is 4.43. The molecule has 1 atom stereocenters. The van der Waals surface area contributed by atoms with E-state index in [4.69, 9.17) is 14.5 Å². The maximum atomic E-state index is 15.8. The summed E-state index contributed by atoms with van der Waals surface area (Å²) in [6.45, 7) is 4.42. The molecule has 166 valence electrons. The molecule has 3 aliphatic heterocycles. The zero-order chi connectivity index (χ0) is 22.0. The zero-order valence-corrected chi connectivity index (χ0v) is 18.6. The molecule has 0 radical (unpaired) electrons. The number of fused-ring (bicyclic) bond motifs is 5. The lowest BCUT2D eigenvalue weighted by molar-refractivity contribution is 0.407. The van der Waals surface area contributed by atoms with Crippen molar-refractivity contribution in [3.63, 3.8) is 0 Å². The van der Waals surface area contributed by atoms with E-state index in [1.54, 1.807) is 20.3 Å². The van der Waals surface area contributed by atoms with Crippen LogP contribution in [0.15, 0.2) is 30.5 Å². The molecule has 7 heteroatoms. The standard InChI is InChI=1S/C25H27FN4O2/c1-14-12-29(10-9-27-14)24-19(26)11-17-21-18(16-5-4-6-20(31-2)22(16)28-21)13-30(15-7-8-15)23(17)25(24)32-3/h4-6,11,13-15,27H,7-10,12H2,1-3H3. The van der Waals surface area contributed by atoms with Crippen LogP contribution in [0, 0.1) is 5.82 Å². The summed E-state index contributed by atoms with van der Waals surface area (Å²) in [5, 5.41) is 5.24. The number of pyridine rings is 1. The number of benzene rings is 2. The van der Waals surface area contributed by atoms with Gasteiger partial charge < -0.3 is 24.3 Å². The summed E-state index contributed by atoms with van der Waals surface area (Å²) in [5.41, 5.74) is 4.08. The molecule has 1 saturated carbocycles. The molecule has 2 aromatic rings. The van der Waals surface area contributed by atoms with Gasteiger partial charge in [0.25, 0.3) is 0 Å². The summed E-state index contributed by atoms with van der Waals surface area (Å²) in [6.07, 6.45) is 4.40. The van der Waals surface area contributed by atoms with Crippen molar-refractivity contribution >= 4 is 27.5 Å². The summed E-state index contributed by atoms with van der Waals surface area (Å²) >= 11 is 0. The van der Waals surface area contributed by atoms with Gasteiger partial charge in [0.05, 0.1) is 25.4 Å². The Labute approximate surface area is 186 Å². The Hall–Kier alpha value is -3.06. The van der Waals surface area contributed by atoms with Crippen LogP contribution in [-0.2, 0) is 0 Å². The van der Waals surface area contributed by atoms with Crippen LogP contribution in [0.1, 0.15) is 25.8 Å². The van der Waals surface area contributed by atoms with Crippen molar-refractivity contribution in [2.24, 2.45) is 0 Å². The van der Waals surface area contributed by atoms with Gasteiger partial charge in [-0.2, -0.15) is 0 Å². The van der Waals surface area contributed by atoms with E-state index in [-0.39, 0.29) is 11.9 Å². The number of rotatable bonds is 4. The Morgan fingerprint density at radius 3 is 2.72 bits per heavy atom. The van der Waals surface area contributed by atoms with Crippen molar-refractivity contribution in [2.75, 3.05) is 38.8 Å².